The molecule has 0 aromatic carbocycles. The zero-order valence-electron chi connectivity index (χ0n) is 5.53. The van der Waals surface area contributed by atoms with E-state index in [0.29, 0.717) is 0 Å². The highest BCUT2D eigenvalue weighted by Gasteiger charge is 2.03. The molecule has 0 radical (unpaired) electrons. The Morgan fingerprint density at radius 2 is 1.91 bits per heavy atom. The predicted octanol–water partition coefficient (Wildman–Crippen LogP) is 1.12. The SMILES string of the molecule is NC(=O)NCCC(F)=C(F)F. The summed E-state index contributed by atoms with van der Waals surface area (Å²) in [7, 11) is 0. The summed E-state index contributed by atoms with van der Waals surface area (Å²) in [4.78, 5) is 9.94. The fraction of sp³-hybridized carbons (Fsp3) is 0.400. The van der Waals surface area contributed by atoms with Gasteiger partial charge in [-0.05, 0) is 0 Å². The number of nitrogens with two attached hydrogens (primary N) is 1. The van der Waals surface area contributed by atoms with Gasteiger partial charge in [-0.1, -0.05) is 0 Å². The van der Waals surface area contributed by atoms with Crippen molar-refractivity contribution in [3.05, 3.63) is 11.9 Å². The number of rotatable bonds is 3. The monoisotopic (exact) mass is 168 g/mol. The van der Waals surface area contributed by atoms with Gasteiger partial charge < -0.3 is 11.1 Å². The van der Waals surface area contributed by atoms with E-state index in [9.17, 15) is 18.0 Å². The third-order valence-electron chi connectivity index (χ3n) is 0.849. The molecule has 0 aromatic heterocycles. The molecule has 0 heterocycles. The summed E-state index contributed by atoms with van der Waals surface area (Å²) in [5, 5.41) is 1.96. The molecule has 0 rings (SSSR count). The number of urea groups is 1. The van der Waals surface area contributed by atoms with Crippen molar-refractivity contribution in [1.29, 1.82) is 0 Å². The van der Waals surface area contributed by atoms with Gasteiger partial charge in [-0.2, -0.15) is 8.78 Å². The van der Waals surface area contributed by atoms with Crippen molar-refractivity contribution in [2.75, 3.05) is 6.54 Å². The molecule has 0 bridgehead atoms. The molecule has 0 aromatic rings. The maximum absolute atomic E-state index is 11.9. The molecule has 0 saturated heterocycles. The Kier molecular flexibility index (Phi) is 4.09. The van der Waals surface area contributed by atoms with E-state index >= 15 is 0 Å². The normalized spacial score (nSPS) is 9.00. The van der Waals surface area contributed by atoms with Crippen molar-refractivity contribution in [3.63, 3.8) is 0 Å². The summed E-state index contributed by atoms with van der Waals surface area (Å²) in [6.45, 7) is -0.224. The number of halogens is 3. The van der Waals surface area contributed by atoms with Crippen LogP contribution in [0.3, 0.4) is 0 Å². The Morgan fingerprint density at radius 3 is 2.27 bits per heavy atom. The molecule has 0 fully saturated rings. The molecule has 0 unspecified atom stereocenters. The van der Waals surface area contributed by atoms with Crippen molar-refractivity contribution in [1.82, 2.24) is 5.32 Å². The van der Waals surface area contributed by atoms with E-state index in [1.54, 1.807) is 0 Å². The first kappa shape index (κ1) is 9.80. The molecule has 3 N–H and O–H groups in total. The summed E-state index contributed by atoms with van der Waals surface area (Å²) in [6.07, 6.45) is -2.90. The lowest BCUT2D eigenvalue weighted by atomic mass is 10.4. The molecule has 0 aliphatic carbocycles. The minimum absolute atomic E-state index is 0.224. The average Bonchev–Trinajstić information content (AvgIpc) is 1.86. The number of primary amides is 1. The summed E-state index contributed by atoms with van der Waals surface area (Å²) < 4.78 is 34.5. The predicted molar refractivity (Wildman–Crippen MR) is 32.6 cm³/mol. The molecule has 3 nitrogen and oxygen atoms in total. The topological polar surface area (TPSA) is 55.1 Å². The summed E-state index contributed by atoms with van der Waals surface area (Å²) in [5.41, 5.74) is 4.58. The lowest BCUT2D eigenvalue weighted by Crippen LogP contribution is -2.30. The average molecular weight is 168 g/mol. The Hall–Kier alpha value is -1.20. The quantitative estimate of drug-likeness (QED) is 0.651. The van der Waals surface area contributed by atoms with Gasteiger partial charge in [-0.25, -0.2) is 9.18 Å². The van der Waals surface area contributed by atoms with Gasteiger partial charge in [0, 0.05) is 13.0 Å². The van der Waals surface area contributed by atoms with Crippen molar-refractivity contribution in [2.24, 2.45) is 5.73 Å². The lowest BCUT2D eigenvalue weighted by molar-refractivity contribution is 0.248. The first-order valence-corrected chi connectivity index (χ1v) is 2.77. The summed E-state index contributed by atoms with van der Waals surface area (Å²) >= 11 is 0. The molecule has 0 aliphatic rings. The van der Waals surface area contributed by atoms with Crippen LogP contribution < -0.4 is 11.1 Å². The van der Waals surface area contributed by atoms with E-state index in [0.717, 1.165) is 0 Å². The number of carbonyl (C=O) groups is 1. The summed E-state index contributed by atoms with van der Waals surface area (Å²) in [6, 6.07) is -0.864. The Labute approximate surface area is 61.1 Å². The number of hydrogen-bond donors (Lipinski definition) is 2. The molecule has 0 spiro atoms. The van der Waals surface area contributed by atoms with Crippen LogP contribution in [0.5, 0.6) is 0 Å². The third kappa shape index (κ3) is 5.25. The minimum Gasteiger partial charge on any atom is -0.352 e. The second-order valence-electron chi connectivity index (χ2n) is 1.71. The van der Waals surface area contributed by atoms with E-state index in [2.05, 4.69) is 5.73 Å². The standard InChI is InChI=1S/C5H7F3N2O/c6-3(4(7)8)1-2-10-5(9)11/h1-2H2,(H3,9,10,11). The van der Waals surface area contributed by atoms with Crippen LogP contribution in [-0.2, 0) is 0 Å². The molecule has 64 valence electrons. The molecular formula is C5H7F3N2O. The smallest absolute Gasteiger partial charge is 0.312 e. The highest BCUT2D eigenvalue weighted by atomic mass is 19.3. The Bertz CT molecular complexity index is 177. The van der Waals surface area contributed by atoms with Gasteiger partial charge in [0.25, 0.3) is 0 Å². The van der Waals surface area contributed by atoms with Gasteiger partial charge in [-0.15, -0.1) is 0 Å². The van der Waals surface area contributed by atoms with E-state index in [1.165, 1.54) is 0 Å². The van der Waals surface area contributed by atoms with Gasteiger partial charge in [0.05, 0.1) is 0 Å². The highest BCUT2D eigenvalue weighted by Crippen LogP contribution is 2.11. The largest absolute Gasteiger partial charge is 0.352 e. The molecule has 0 saturated carbocycles. The first-order chi connectivity index (χ1) is 5.04. The van der Waals surface area contributed by atoms with Crippen LogP contribution in [-0.4, -0.2) is 12.6 Å². The first-order valence-electron chi connectivity index (χ1n) is 2.77. The van der Waals surface area contributed by atoms with E-state index in [1.807, 2.05) is 5.32 Å². The molecule has 0 atom stereocenters. The molecular weight excluding hydrogens is 161 g/mol. The van der Waals surface area contributed by atoms with Gasteiger partial charge in [0.1, 0.15) is 0 Å². The molecule has 6 heteroatoms. The zero-order valence-corrected chi connectivity index (χ0v) is 5.53. The molecule has 2 amide bonds. The second-order valence-corrected chi connectivity index (χ2v) is 1.71. The van der Waals surface area contributed by atoms with Crippen LogP contribution in [0.1, 0.15) is 6.42 Å². The fourth-order valence-electron chi connectivity index (χ4n) is 0.390. The van der Waals surface area contributed by atoms with Gasteiger partial charge in [0.15, 0.2) is 5.83 Å². The molecule has 11 heavy (non-hydrogen) atoms. The van der Waals surface area contributed by atoms with Crippen LogP contribution in [0.2, 0.25) is 0 Å². The number of nitrogens with one attached hydrogen (secondary N) is 1. The fourth-order valence-corrected chi connectivity index (χ4v) is 0.390. The third-order valence-corrected chi connectivity index (χ3v) is 0.849. The van der Waals surface area contributed by atoms with Crippen molar-refractivity contribution in [3.8, 4) is 0 Å². The Balaban J connectivity index is 3.56. The highest BCUT2D eigenvalue weighted by molar-refractivity contribution is 5.71. The number of carbonyl (C=O) groups excluding carboxylic acids is 1. The van der Waals surface area contributed by atoms with Crippen LogP contribution in [0, 0.1) is 0 Å². The van der Waals surface area contributed by atoms with E-state index in [4.69, 9.17) is 0 Å². The van der Waals surface area contributed by atoms with Crippen LogP contribution in [0.15, 0.2) is 11.9 Å². The summed E-state index contributed by atoms with van der Waals surface area (Å²) in [5.74, 6) is -1.53. The van der Waals surface area contributed by atoms with Gasteiger partial charge in [-0.3, -0.25) is 0 Å². The van der Waals surface area contributed by atoms with E-state index < -0.39 is 24.4 Å². The van der Waals surface area contributed by atoms with Gasteiger partial charge >= 0.3 is 12.1 Å². The van der Waals surface area contributed by atoms with Crippen molar-refractivity contribution < 1.29 is 18.0 Å². The Morgan fingerprint density at radius 1 is 1.36 bits per heavy atom. The number of hydrogen-bond acceptors (Lipinski definition) is 1. The second kappa shape index (κ2) is 4.59. The zero-order chi connectivity index (χ0) is 8.85. The maximum atomic E-state index is 11.9. The minimum atomic E-state index is -2.36. The lowest BCUT2D eigenvalue weighted by Gasteiger charge is -1.97. The van der Waals surface area contributed by atoms with Crippen molar-refractivity contribution >= 4 is 6.03 Å². The molecule has 0 aliphatic heterocycles. The van der Waals surface area contributed by atoms with Gasteiger partial charge in [0.2, 0.25) is 0 Å². The maximum Gasteiger partial charge on any atom is 0.312 e. The van der Waals surface area contributed by atoms with Crippen LogP contribution in [0.25, 0.3) is 0 Å². The number of amides is 2. The van der Waals surface area contributed by atoms with Crippen molar-refractivity contribution in [2.45, 2.75) is 6.42 Å². The van der Waals surface area contributed by atoms with Crippen LogP contribution >= 0.6 is 0 Å². The van der Waals surface area contributed by atoms with E-state index in [-0.39, 0.29) is 6.54 Å². The van der Waals surface area contributed by atoms with Crippen LogP contribution in [0.4, 0.5) is 18.0 Å².